The molecule has 1 fully saturated rings. The van der Waals surface area contributed by atoms with Crippen LogP contribution >= 0.6 is 11.6 Å². The van der Waals surface area contributed by atoms with Crippen molar-refractivity contribution in [3.8, 4) is 5.75 Å². The minimum absolute atomic E-state index is 0.103. The number of benzene rings is 1. The minimum atomic E-state index is -0.355. The highest BCUT2D eigenvalue weighted by atomic mass is 35.5. The molecule has 0 radical (unpaired) electrons. The molecule has 1 aliphatic rings. The summed E-state index contributed by atoms with van der Waals surface area (Å²) in [5.74, 6) is 0.679. The Morgan fingerprint density at radius 3 is 2.75 bits per heavy atom. The average molecular weight is 241 g/mol. The van der Waals surface area contributed by atoms with Gasteiger partial charge in [-0.25, -0.2) is 0 Å². The lowest BCUT2D eigenvalue weighted by atomic mass is 9.95. The van der Waals surface area contributed by atoms with Crippen LogP contribution in [0, 0.1) is 6.92 Å². The van der Waals surface area contributed by atoms with Crippen molar-refractivity contribution in [2.75, 3.05) is 0 Å². The number of hydrogen-bond acceptors (Lipinski definition) is 2. The van der Waals surface area contributed by atoms with Crippen molar-refractivity contribution in [1.29, 1.82) is 0 Å². The largest absolute Gasteiger partial charge is 0.486 e. The molecule has 88 valence electrons. The normalized spacial score (nSPS) is 25.4. The minimum Gasteiger partial charge on any atom is -0.486 e. The lowest BCUT2D eigenvalue weighted by molar-refractivity contribution is 0.00692. The van der Waals surface area contributed by atoms with E-state index in [1.807, 2.05) is 25.1 Å². The van der Waals surface area contributed by atoms with Crippen LogP contribution in [-0.4, -0.2) is 17.3 Å². The van der Waals surface area contributed by atoms with E-state index in [-0.39, 0.29) is 12.2 Å². The average Bonchev–Trinajstić information content (AvgIpc) is 2.25. The summed E-state index contributed by atoms with van der Waals surface area (Å²) in [7, 11) is 0. The molecule has 0 spiro atoms. The van der Waals surface area contributed by atoms with Gasteiger partial charge < -0.3 is 9.84 Å². The van der Waals surface area contributed by atoms with Gasteiger partial charge in [0.15, 0.2) is 0 Å². The fourth-order valence-electron chi connectivity index (χ4n) is 2.08. The first-order chi connectivity index (χ1) is 7.66. The van der Waals surface area contributed by atoms with E-state index >= 15 is 0 Å². The van der Waals surface area contributed by atoms with Crippen LogP contribution in [0.2, 0.25) is 5.02 Å². The van der Waals surface area contributed by atoms with Crippen molar-refractivity contribution in [3.05, 3.63) is 28.8 Å². The Bertz CT molecular complexity index is 365. The van der Waals surface area contributed by atoms with Crippen molar-refractivity contribution < 1.29 is 9.84 Å². The van der Waals surface area contributed by atoms with Gasteiger partial charge >= 0.3 is 0 Å². The lowest BCUT2D eigenvalue weighted by Crippen LogP contribution is -2.34. The zero-order valence-corrected chi connectivity index (χ0v) is 10.2. The Morgan fingerprint density at radius 1 is 1.31 bits per heavy atom. The fraction of sp³-hybridized carbons (Fsp3) is 0.538. The monoisotopic (exact) mass is 240 g/mol. The van der Waals surface area contributed by atoms with Crippen LogP contribution in [0.3, 0.4) is 0 Å². The Labute approximate surface area is 101 Å². The summed E-state index contributed by atoms with van der Waals surface area (Å²) in [4.78, 5) is 0. The first-order valence-corrected chi connectivity index (χ1v) is 6.15. The first-order valence-electron chi connectivity index (χ1n) is 5.77. The summed E-state index contributed by atoms with van der Waals surface area (Å²) in [6.07, 6.45) is 3.48. The van der Waals surface area contributed by atoms with Gasteiger partial charge in [-0.2, -0.15) is 0 Å². The predicted octanol–water partition coefficient (Wildman–Crippen LogP) is 3.33. The van der Waals surface area contributed by atoms with Gasteiger partial charge in [0, 0.05) is 0 Å². The third-order valence-corrected chi connectivity index (χ3v) is 3.33. The van der Waals surface area contributed by atoms with Gasteiger partial charge in [-0.3, -0.25) is 0 Å². The fourth-order valence-corrected chi connectivity index (χ4v) is 2.36. The van der Waals surface area contributed by atoms with Gasteiger partial charge in [-0.05, 0) is 43.9 Å². The second-order valence-corrected chi connectivity index (χ2v) is 4.85. The van der Waals surface area contributed by atoms with E-state index in [0.29, 0.717) is 10.8 Å². The Hall–Kier alpha value is -0.730. The number of rotatable bonds is 2. The standard InChI is InChI=1S/C13H17ClO2/c1-9-6-7-12(10(14)8-9)16-13-5-3-2-4-11(13)15/h6-8,11,13,15H,2-5H2,1H3. The van der Waals surface area contributed by atoms with Crippen molar-refractivity contribution in [3.63, 3.8) is 0 Å². The smallest absolute Gasteiger partial charge is 0.138 e. The number of halogens is 1. The van der Waals surface area contributed by atoms with Crippen LogP contribution < -0.4 is 4.74 Å². The van der Waals surface area contributed by atoms with Crippen LogP contribution in [0.15, 0.2) is 18.2 Å². The molecular formula is C13H17ClO2. The summed E-state index contributed by atoms with van der Waals surface area (Å²) >= 11 is 6.09. The molecule has 0 bridgehead atoms. The lowest BCUT2D eigenvalue weighted by Gasteiger charge is -2.28. The highest BCUT2D eigenvalue weighted by Gasteiger charge is 2.25. The molecule has 0 amide bonds. The molecule has 0 saturated heterocycles. The Morgan fingerprint density at radius 2 is 2.06 bits per heavy atom. The van der Waals surface area contributed by atoms with Gasteiger partial charge in [-0.15, -0.1) is 0 Å². The summed E-state index contributed by atoms with van der Waals surface area (Å²) in [6, 6.07) is 5.72. The van der Waals surface area contributed by atoms with Crippen molar-refractivity contribution in [2.24, 2.45) is 0 Å². The zero-order chi connectivity index (χ0) is 11.5. The topological polar surface area (TPSA) is 29.5 Å². The van der Waals surface area contributed by atoms with Crippen molar-refractivity contribution >= 4 is 11.6 Å². The molecule has 2 atom stereocenters. The highest BCUT2D eigenvalue weighted by molar-refractivity contribution is 6.32. The molecule has 1 saturated carbocycles. The molecule has 3 heteroatoms. The SMILES string of the molecule is Cc1ccc(OC2CCCCC2O)c(Cl)c1. The van der Waals surface area contributed by atoms with E-state index in [9.17, 15) is 5.11 Å². The van der Waals surface area contributed by atoms with Crippen LogP contribution in [0.1, 0.15) is 31.2 Å². The van der Waals surface area contributed by atoms with E-state index in [1.54, 1.807) is 0 Å². The Kier molecular flexibility index (Phi) is 3.72. The molecule has 1 aromatic rings. The first kappa shape index (κ1) is 11.7. The molecule has 0 aliphatic heterocycles. The number of ether oxygens (including phenoxy) is 1. The summed E-state index contributed by atoms with van der Waals surface area (Å²) < 4.78 is 5.77. The number of aryl methyl sites for hydroxylation is 1. The van der Waals surface area contributed by atoms with Crippen LogP contribution in [0.25, 0.3) is 0 Å². The third-order valence-electron chi connectivity index (χ3n) is 3.03. The second kappa shape index (κ2) is 5.07. The zero-order valence-electron chi connectivity index (χ0n) is 9.45. The highest BCUT2D eigenvalue weighted by Crippen LogP contribution is 2.29. The number of aliphatic hydroxyl groups is 1. The van der Waals surface area contributed by atoms with Crippen LogP contribution in [0.5, 0.6) is 5.75 Å². The molecule has 1 aromatic carbocycles. The molecule has 1 aliphatic carbocycles. The van der Waals surface area contributed by atoms with Gasteiger partial charge in [-0.1, -0.05) is 24.1 Å². The van der Waals surface area contributed by atoms with E-state index in [4.69, 9.17) is 16.3 Å². The number of aliphatic hydroxyl groups excluding tert-OH is 1. The maximum Gasteiger partial charge on any atom is 0.138 e. The van der Waals surface area contributed by atoms with Gasteiger partial charge in [0.25, 0.3) is 0 Å². The van der Waals surface area contributed by atoms with E-state index in [0.717, 1.165) is 31.2 Å². The van der Waals surface area contributed by atoms with Gasteiger partial charge in [0.2, 0.25) is 0 Å². The molecule has 0 aromatic heterocycles. The van der Waals surface area contributed by atoms with Crippen molar-refractivity contribution in [1.82, 2.24) is 0 Å². The third kappa shape index (κ3) is 2.69. The summed E-state index contributed by atoms with van der Waals surface area (Å²) in [6.45, 7) is 1.99. The summed E-state index contributed by atoms with van der Waals surface area (Å²) in [5.41, 5.74) is 1.11. The summed E-state index contributed by atoms with van der Waals surface area (Å²) in [5, 5.41) is 10.4. The molecule has 2 rings (SSSR count). The van der Waals surface area contributed by atoms with Crippen LogP contribution in [-0.2, 0) is 0 Å². The molecule has 16 heavy (non-hydrogen) atoms. The predicted molar refractivity (Wildman–Crippen MR) is 65.1 cm³/mol. The second-order valence-electron chi connectivity index (χ2n) is 4.44. The van der Waals surface area contributed by atoms with Crippen LogP contribution in [0.4, 0.5) is 0 Å². The molecule has 0 heterocycles. The van der Waals surface area contributed by atoms with Gasteiger partial charge in [0.05, 0.1) is 11.1 Å². The van der Waals surface area contributed by atoms with E-state index < -0.39 is 0 Å². The van der Waals surface area contributed by atoms with E-state index in [1.165, 1.54) is 0 Å². The maximum atomic E-state index is 9.81. The Balaban J connectivity index is 2.07. The van der Waals surface area contributed by atoms with Gasteiger partial charge in [0.1, 0.15) is 11.9 Å². The maximum absolute atomic E-state index is 9.81. The van der Waals surface area contributed by atoms with Crippen molar-refractivity contribution in [2.45, 2.75) is 44.8 Å². The molecule has 1 N–H and O–H groups in total. The molecule has 2 nitrogen and oxygen atoms in total. The quantitative estimate of drug-likeness (QED) is 0.859. The number of hydrogen-bond donors (Lipinski definition) is 1. The van der Waals surface area contributed by atoms with E-state index in [2.05, 4.69) is 0 Å². The molecule has 2 unspecified atom stereocenters. The molecular weight excluding hydrogens is 224 g/mol.